The van der Waals surface area contributed by atoms with Gasteiger partial charge in [-0.15, -0.1) is 0 Å². The molecular formula is C5H8O5. The van der Waals surface area contributed by atoms with Gasteiger partial charge in [0, 0.05) is 0 Å². The summed E-state index contributed by atoms with van der Waals surface area (Å²) in [4.78, 5) is 10.3. The Labute approximate surface area is 57.2 Å². The molecule has 0 aromatic rings. The van der Waals surface area contributed by atoms with E-state index in [1.165, 1.54) is 0 Å². The number of rotatable bonds is 2. The first-order valence-corrected chi connectivity index (χ1v) is 2.82. The molecule has 2 atom stereocenters. The Morgan fingerprint density at radius 3 is 2.70 bits per heavy atom. The third kappa shape index (κ3) is 1.26. The van der Waals surface area contributed by atoms with Gasteiger partial charge in [-0.3, -0.25) is 0 Å². The van der Waals surface area contributed by atoms with Crippen molar-refractivity contribution >= 4 is 5.97 Å². The van der Waals surface area contributed by atoms with Crippen LogP contribution in [-0.4, -0.2) is 41.8 Å². The van der Waals surface area contributed by atoms with Crippen LogP contribution in [0.1, 0.15) is 0 Å². The second-order valence-electron chi connectivity index (χ2n) is 1.93. The van der Waals surface area contributed by atoms with Gasteiger partial charge in [-0.25, -0.2) is 4.79 Å². The first-order chi connectivity index (χ1) is 4.75. The summed E-state index contributed by atoms with van der Waals surface area (Å²) in [5.41, 5.74) is 0. The second-order valence-corrected chi connectivity index (χ2v) is 1.93. The quantitative estimate of drug-likeness (QED) is 0.514. The van der Waals surface area contributed by atoms with Gasteiger partial charge in [-0.05, 0) is 0 Å². The van der Waals surface area contributed by atoms with Crippen LogP contribution in [0.3, 0.4) is 0 Å². The van der Waals surface area contributed by atoms with Crippen LogP contribution < -0.4 is 0 Å². The van der Waals surface area contributed by atoms with Gasteiger partial charge in [0.25, 0.3) is 0 Å². The molecule has 1 saturated heterocycles. The normalized spacial score (nSPS) is 32.5. The van der Waals surface area contributed by atoms with E-state index >= 15 is 0 Å². The summed E-state index contributed by atoms with van der Waals surface area (Å²) in [6.07, 6.45) is -1.72. The van der Waals surface area contributed by atoms with Crippen LogP contribution in [0.15, 0.2) is 0 Å². The highest BCUT2D eigenvalue weighted by atomic mass is 16.7. The lowest BCUT2D eigenvalue weighted by atomic mass is 10.2. The Morgan fingerprint density at radius 2 is 2.30 bits per heavy atom. The number of carboxylic acids is 1. The third-order valence-electron chi connectivity index (χ3n) is 1.29. The van der Waals surface area contributed by atoms with Crippen LogP contribution in [0.5, 0.6) is 0 Å². The molecule has 0 unspecified atom stereocenters. The van der Waals surface area contributed by atoms with E-state index in [1.807, 2.05) is 0 Å². The molecule has 1 aliphatic heterocycles. The summed E-state index contributed by atoms with van der Waals surface area (Å²) in [7, 11) is 0. The van der Waals surface area contributed by atoms with Crippen LogP contribution in [0.4, 0.5) is 0 Å². The Bertz CT molecular complexity index is 134. The minimum atomic E-state index is -1.10. The Hall–Kier alpha value is -0.650. The van der Waals surface area contributed by atoms with Gasteiger partial charge in [0.1, 0.15) is 12.9 Å². The fourth-order valence-corrected chi connectivity index (χ4v) is 0.773. The molecule has 0 aromatic heterocycles. The number of carboxylic acid groups (broad SMARTS) is 1. The molecule has 5 heteroatoms. The van der Waals surface area contributed by atoms with Crippen molar-refractivity contribution < 1.29 is 24.5 Å². The first kappa shape index (κ1) is 7.46. The predicted molar refractivity (Wildman–Crippen MR) is 29.3 cm³/mol. The zero-order valence-corrected chi connectivity index (χ0v) is 5.19. The summed E-state index contributed by atoms with van der Waals surface area (Å²) in [5.74, 6) is -1.10. The van der Waals surface area contributed by atoms with Gasteiger partial charge in [0.2, 0.25) is 0 Å². The number of hydrogen-bond donors (Lipinski definition) is 2. The first-order valence-electron chi connectivity index (χ1n) is 2.82. The molecule has 1 rings (SSSR count). The van der Waals surface area contributed by atoms with Crippen LogP contribution in [0, 0.1) is 0 Å². The zero-order chi connectivity index (χ0) is 7.56. The Kier molecular flexibility index (Phi) is 2.21. The highest BCUT2D eigenvalue weighted by Crippen LogP contribution is 2.11. The van der Waals surface area contributed by atoms with E-state index in [2.05, 4.69) is 4.74 Å². The number of aliphatic hydroxyl groups excluding tert-OH is 1. The highest BCUT2D eigenvalue weighted by molar-refractivity contribution is 5.73. The smallest absolute Gasteiger partial charge is 0.335 e. The van der Waals surface area contributed by atoms with Crippen LogP contribution in [-0.2, 0) is 14.3 Å². The average molecular weight is 148 g/mol. The van der Waals surface area contributed by atoms with E-state index in [1.54, 1.807) is 0 Å². The number of aliphatic hydroxyl groups is 1. The molecule has 0 spiro atoms. The van der Waals surface area contributed by atoms with Crippen LogP contribution in [0.2, 0.25) is 0 Å². The summed E-state index contributed by atoms with van der Waals surface area (Å²) < 4.78 is 9.36. The van der Waals surface area contributed by atoms with Crippen LogP contribution >= 0.6 is 0 Å². The molecule has 0 bridgehead atoms. The van der Waals surface area contributed by atoms with Gasteiger partial charge in [-0.2, -0.15) is 0 Å². The van der Waals surface area contributed by atoms with Gasteiger partial charge in [0.15, 0.2) is 6.10 Å². The maximum Gasteiger partial charge on any atom is 0.335 e. The van der Waals surface area contributed by atoms with E-state index in [9.17, 15) is 4.79 Å². The molecule has 5 nitrogen and oxygen atoms in total. The third-order valence-corrected chi connectivity index (χ3v) is 1.29. The number of carbonyl (C=O) groups is 1. The fraction of sp³-hybridized carbons (Fsp3) is 0.800. The molecule has 58 valence electrons. The van der Waals surface area contributed by atoms with Crippen molar-refractivity contribution in [3.8, 4) is 0 Å². The average Bonchev–Trinajstić information content (AvgIpc) is 2.33. The molecule has 0 saturated carbocycles. The molecule has 0 aromatic carbocycles. The maximum atomic E-state index is 10.3. The van der Waals surface area contributed by atoms with Crippen molar-refractivity contribution in [2.24, 2.45) is 0 Å². The van der Waals surface area contributed by atoms with Crippen molar-refractivity contribution in [1.82, 2.24) is 0 Å². The number of aliphatic carboxylic acids is 1. The van der Waals surface area contributed by atoms with E-state index in [0.29, 0.717) is 0 Å². The van der Waals surface area contributed by atoms with Crippen molar-refractivity contribution in [2.75, 3.05) is 13.4 Å². The van der Waals surface area contributed by atoms with Crippen molar-refractivity contribution in [3.05, 3.63) is 0 Å². The molecular weight excluding hydrogens is 140 g/mol. The maximum absolute atomic E-state index is 10.3. The van der Waals surface area contributed by atoms with Crippen LogP contribution in [0.25, 0.3) is 0 Å². The number of hydrogen-bond acceptors (Lipinski definition) is 4. The molecule has 0 radical (unpaired) electrons. The summed E-state index contributed by atoms with van der Waals surface area (Å²) in [6, 6.07) is 0. The summed E-state index contributed by atoms with van der Waals surface area (Å²) in [6.45, 7) is -0.376. The van der Waals surface area contributed by atoms with E-state index in [0.717, 1.165) is 0 Å². The van der Waals surface area contributed by atoms with Gasteiger partial charge < -0.3 is 19.7 Å². The van der Waals surface area contributed by atoms with Gasteiger partial charge >= 0.3 is 5.97 Å². The molecule has 10 heavy (non-hydrogen) atoms. The second kappa shape index (κ2) is 2.96. The minimum absolute atomic E-state index is 0.0534. The largest absolute Gasteiger partial charge is 0.479 e. The van der Waals surface area contributed by atoms with E-state index < -0.39 is 18.2 Å². The lowest BCUT2D eigenvalue weighted by molar-refractivity contribution is -0.148. The summed E-state index contributed by atoms with van der Waals surface area (Å²) in [5, 5.41) is 16.9. The monoisotopic (exact) mass is 148 g/mol. The van der Waals surface area contributed by atoms with Crippen molar-refractivity contribution in [2.45, 2.75) is 12.2 Å². The Balaban J connectivity index is 2.50. The molecule has 0 amide bonds. The number of ether oxygens (including phenoxy) is 2. The van der Waals surface area contributed by atoms with Gasteiger partial charge in [-0.1, -0.05) is 0 Å². The zero-order valence-electron chi connectivity index (χ0n) is 5.19. The lowest BCUT2D eigenvalue weighted by Crippen LogP contribution is -2.33. The van der Waals surface area contributed by atoms with Gasteiger partial charge in [0.05, 0.1) is 6.61 Å². The minimum Gasteiger partial charge on any atom is -0.479 e. The van der Waals surface area contributed by atoms with E-state index in [-0.39, 0.29) is 13.4 Å². The summed E-state index contributed by atoms with van der Waals surface area (Å²) >= 11 is 0. The highest BCUT2D eigenvalue weighted by Gasteiger charge is 2.34. The standard InChI is InChI=1S/C5H8O5/c6-1-3-4(5(7)8)10-2-9-3/h3-4,6H,1-2H2,(H,7,8)/t3-,4+/m0/s1. The topological polar surface area (TPSA) is 76.0 Å². The lowest BCUT2D eigenvalue weighted by Gasteiger charge is -2.08. The molecule has 1 aliphatic rings. The molecule has 1 heterocycles. The molecule has 1 fully saturated rings. The van der Waals surface area contributed by atoms with E-state index in [4.69, 9.17) is 14.9 Å². The van der Waals surface area contributed by atoms with Crippen molar-refractivity contribution in [1.29, 1.82) is 0 Å². The molecule has 2 N–H and O–H groups in total. The van der Waals surface area contributed by atoms with Crippen molar-refractivity contribution in [3.63, 3.8) is 0 Å². The fourth-order valence-electron chi connectivity index (χ4n) is 0.773. The SMILES string of the molecule is O=C(O)[C@@H]1OCO[C@H]1CO. The molecule has 0 aliphatic carbocycles. The predicted octanol–water partition coefficient (Wildman–Crippen LogP) is -1.20. The Morgan fingerprint density at radius 1 is 1.60 bits per heavy atom.